The standard InChI is InChI=1S/C10H11FN4O2S/c1-15-10(13-6-14-15)5-18(16,17)9-4-7(11)2-3-8(9)12/h2-4,6H,5,12H2,1H3. The van der Waals surface area contributed by atoms with E-state index in [0.29, 0.717) is 0 Å². The number of halogens is 1. The molecule has 0 saturated heterocycles. The second kappa shape index (κ2) is 4.37. The minimum atomic E-state index is -3.75. The van der Waals surface area contributed by atoms with Crippen molar-refractivity contribution in [2.75, 3.05) is 5.73 Å². The van der Waals surface area contributed by atoms with E-state index in [1.807, 2.05) is 0 Å². The molecule has 0 aliphatic heterocycles. The number of hydrogen-bond acceptors (Lipinski definition) is 5. The summed E-state index contributed by atoms with van der Waals surface area (Å²) in [4.78, 5) is 3.59. The van der Waals surface area contributed by atoms with Crippen LogP contribution in [0.25, 0.3) is 0 Å². The lowest BCUT2D eigenvalue weighted by Gasteiger charge is -2.07. The Labute approximate surface area is 103 Å². The molecule has 8 heteroatoms. The van der Waals surface area contributed by atoms with E-state index in [-0.39, 0.29) is 22.2 Å². The summed E-state index contributed by atoms with van der Waals surface area (Å²) in [6.45, 7) is 0. The summed E-state index contributed by atoms with van der Waals surface area (Å²) < 4.78 is 38.6. The first-order valence-electron chi connectivity index (χ1n) is 5.01. The molecule has 0 fully saturated rings. The largest absolute Gasteiger partial charge is 0.398 e. The zero-order valence-electron chi connectivity index (χ0n) is 9.54. The van der Waals surface area contributed by atoms with Gasteiger partial charge in [0.25, 0.3) is 0 Å². The number of nitrogen functional groups attached to an aromatic ring is 1. The lowest BCUT2D eigenvalue weighted by Crippen LogP contribution is -2.12. The van der Waals surface area contributed by atoms with E-state index in [4.69, 9.17) is 5.73 Å². The van der Waals surface area contributed by atoms with Gasteiger partial charge in [-0.1, -0.05) is 0 Å². The average Bonchev–Trinajstić information content (AvgIpc) is 2.67. The third-order valence-electron chi connectivity index (χ3n) is 2.43. The van der Waals surface area contributed by atoms with Gasteiger partial charge in [-0.15, -0.1) is 0 Å². The molecular weight excluding hydrogens is 259 g/mol. The fourth-order valence-corrected chi connectivity index (χ4v) is 2.95. The van der Waals surface area contributed by atoms with Crippen LogP contribution in [-0.2, 0) is 22.6 Å². The number of aryl methyl sites for hydroxylation is 1. The van der Waals surface area contributed by atoms with E-state index in [2.05, 4.69) is 10.1 Å². The van der Waals surface area contributed by atoms with E-state index >= 15 is 0 Å². The van der Waals surface area contributed by atoms with Crippen molar-refractivity contribution < 1.29 is 12.8 Å². The molecule has 0 saturated carbocycles. The Balaban J connectivity index is 2.43. The Kier molecular flexibility index (Phi) is 3.04. The summed E-state index contributed by atoms with van der Waals surface area (Å²) in [6.07, 6.45) is 1.25. The number of nitrogens with zero attached hydrogens (tertiary/aromatic N) is 3. The minimum absolute atomic E-state index is 0.0126. The number of hydrogen-bond donors (Lipinski definition) is 1. The van der Waals surface area contributed by atoms with Crippen molar-refractivity contribution in [1.82, 2.24) is 14.8 Å². The second-order valence-electron chi connectivity index (χ2n) is 3.74. The highest BCUT2D eigenvalue weighted by atomic mass is 32.2. The van der Waals surface area contributed by atoms with Crippen LogP contribution in [0.15, 0.2) is 29.4 Å². The summed E-state index contributed by atoms with van der Waals surface area (Å²) in [5.41, 5.74) is 5.57. The summed E-state index contributed by atoms with van der Waals surface area (Å²) in [5.74, 6) is -0.767. The topological polar surface area (TPSA) is 90.9 Å². The average molecular weight is 270 g/mol. The molecule has 2 N–H and O–H groups in total. The van der Waals surface area contributed by atoms with Gasteiger partial charge in [0.1, 0.15) is 23.7 Å². The summed E-state index contributed by atoms with van der Waals surface area (Å²) in [7, 11) is -2.17. The first-order chi connectivity index (χ1) is 8.40. The molecule has 0 radical (unpaired) electrons. The molecule has 2 aromatic rings. The fourth-order valence-electron chi connectivity index (χ4n) is 1.48. The van der Waals surface area contributed by atoms with Crippen molar-refractivity contribution in [2.24, 2.45) is 7.05 Å². The van der Waals surface area contributed by atoms with Gasteiger partial charge in [0, 0.05) is 7.05 Å². The lowest BCUT2D eigenvalue weighted by molar-refractivity contribution is 0.586. The van der Waals surface area contributed by atoms with Gasteiger partial charge in [-0.25, -0.2) is 17.8 Å². The Hall–Kier alpha value is -1.96. The Morgan fingerprint density at radius 1 is 1.44 bits per heavy atom. The normalized spacial score (nSPS) is 11.7. The van der Waals surface area contributed by atoms with Gasteiger partial charge in [-0.05, 0) is 18.2 Å². The van der Waals surface area contributed by atoms with Gasteiger partial charge in [-0.3, -0.25) is 4.68 Å². The van der Waals surface area contributed by atoms with E-state index in [9.17, 15) is 12.8 Å². The van der Waals surface area contributed by atoms with Crippen LogP contribution in [0.3, 0.4) is 0 Å². The highest BCUT2D eigenvalue weighted by Crippen LogP contribution is 2.22. The van der Waals surface area contributed by atoms with Crippen LogP contribution in [0.5, 0.6) is 0 Å². The lowest BCUT2D eigenvalue weighted by atomic mass is 10.3. The summed E-state index contributed by atoms with van der Waals surface area (Å²) in [6, 6.07) is 3.23. The van der Waals surface area contributed by atoms with Gasteiger partial charge in [0.2, 0.25) is 0 Å². The van der Waals surface area contributed by atoms with Crippen molar-refractivity contribution in [2.45, 2.75) is 10.6 Å². The zero-order valence-corrected chi connectivity index (χ0v) is 10.4. The van der Waals surface area contributed by atoms with Crippen molar-refractivity contribution >= 4 is 15.5 Å². The van der Waals surface area contributed by atoms with E-state index in [0.717, 1.165) is 12.1 Å². The van der Waals surface area contributed by atoms with Gasteiger partial charge < -0.3 is 5.73 Å². The van der Waals surface area contributed by atoms with Crippen LogP contribution < -0.4 is 5.73 Å². The fraction of sp³-hybridized carbons (Fsp3) is 0.200. The highest BCUT2D eigenvalue weighted by molar-refractivity contribution is 7.90. The Morgan fingerprint density at radius 2 is 2.17 bits per heavy atom. The molecular formula is C10H11FN4O2S. The predicted octanol–water partition coefficient (Wildman–Crippen LogP) is 0.510. The second-order valence-corrected chi connectivity index (χ2v) is 5.70. The van der Waals surface area contributed by atoms with Crippen LogP contribution in [0.2, 0.25) is 0 Å². The molecule has 0 atom stereocenters. The molecule has 1 aromatic heterocycles. The van der Waals surface area contributed by atoms with Crippen LogP contribution in [0.4, 0.5) is 10.1 Å². The van der Waals surface area contributed by atoms with Crippen LogP contribution in [0, 0.1) is 5.82 Å². The molecule has 6 nitrogen and oxygen atoms in total. The number of anilines is 1. The van der Waals surface area contributed by atoms with Crippen LogP contribution >= 0.6 is 0 Å². The smallest absolute Gasteiger partial charge is 0.187 e. The van der Waals surface area contributed by atoms with E-state index < -0.39 is 15.7 Å². The number of sulfone groups is 1. The van der Waals surface area contributed by atoms with Crippen LogP contribution in [-0.4, -0.2) is 23.2 Å². The van der Waals surface area contributed by atoms with E-state index in [1.165, 1.54) is 17.1 Å². The molecule has 0 bridgehead atoms. The van der Waals surface area contributed by atoms with Gasteiger partial charge in [0.15, 0.2) is 9.84 Å². The maximum Gasteiger partial charge on any atom is 0.187 e. The molecule has 18 heavy (non-hydrogen) atoms. The zero-order chi connectivity index (χ0) is 13.3. The first-order valence-corrected chi connectivity index (χ1v) is 6.66. The van der Waals surface area contributed by atoms with Crippen molar-refractivity contribution in [3.05, 3.63) is 36.2 Å². The highest BCUT2D eigenvalue weighted by Gasteiger charge is 2.21. The third-order valence-corrected chi connectivity index (χ3v) is 4.10. The van der Waals surface area contributed by atoms with E-state index in [1.54, 1.807) is 7.05 Å². The monoisotopic (exact) mass is 270 g/mol. The Bertz CT molecular complexity index is 681. The SMILES string of the molecule is Cn1ncnc1CS(=O)(=O)c1cc(F)ccc1N. The van der Waals surface area contributed by atoms with Crippen molar-refractivity contribution in [1.29, 1.82) is 0 Å². The maximum absolute atomic E-state index is 13.1. The predicted molar refractivity (Wildman–Crippen MR) is 62.7 cm³/mol. The molecule has 1 aromatic carbocycles. The Morgan fingerprint density at radius 3 is 2.78 bits per heavy atom. The van der Waals surface area contributed by atoms with Gasteiger partial charge >= 0.3 is 0 Å². The van der Waals surface area contributed by atoms with Crippen LogP contribution in [0.1, 0.15) is 5.82 Å². The van der Waals surface area contributed by atoms with Gasteiger partial charge in [-0.2, -0.15) is 5.10 Å². The number of benzene rings is 1. The quantitative estimate of drug-likeness (QED) is 0.821. The molecule has 2 rings (SSSR count). The summed E-state index contributed by atoms with van der Waals surface area (Å²) in [5, 5.41) is 3.77. The number of nitrogens with two attached hydrogens (primary N) is 1. The van der Waals surface area contributed by atoms with Gasteiger partial charge in [0.05, 0.1) is 10.6 Å². The molecule has 0 amide bonds. The maximum atomic E-state index is 13.1. The minimum Gasteiger partial charge on any atom is -0.398 e. The molecule has 0 aliphatic carbocycles. The molecule has 0 spiro atoms. The molecule has 1 heterocycles. The number of rotatable bonds is 3. The first kappa shape index (κ1) is 12.5. The third kappa shape index (κ3) is 2.33. The molecule has 0 unspecified atom stereocenters. The summed E-state index contributed by atoms with van der Waals surface area (Å²) >= 11 is 0. The van der Waals surface area contributed by atoms with Crippen molar-refractivity contribution in [3.8, 4) is 0 Å². The van der Waals surface area contributed by atoms with Crippen molar-refractivity contribution in [3.63, 3.8) is 0 Å². The number of aromatic nitrogens is 3. The molecule has 0 aliphatic rings. The molecule has 96 valence electrons.